The molecule has 162 valence electrons. The molecule has 0 radical (unpaired) electrons. The van der Waals surface area contributed by atoms with Gasteiger partial charge in [0.25, 0.3) is 5.56 Å². The summed E-state index contributed by atoms with van der Waals surface area (Å²) in [6.07, 6.45) is 3.73. The molecule has 1 aliphatic rings. The van der Waals surface area contributed by atoms with E-state index in [9.17, 15) is 9.59 Å². The summed E-state index contributed by atoms with van der Waals surface area (Å²) in [5, 5.41) is 9.46. The van der Waals surface area contributed by atoms with Crippen LogP contribution in [0.25, 0.3) is 16.7 Å². The third-order valence-corrected chi connectivity index (χ3v) is 6.94. The molecule has 1 atom stereocenters. The Morgan fingerprint density at radius 2 is 1.78 bits per heavy atom. The van der Waals surface area contributed by atoms with E-state index in [-0.39, 0.29) is 11.5 Å². The van der Waals surface area contributed by atoms with Crippen molar-refractivity contribution in [1.29, 1.82) is 0 Å². The van der Waals surface area contributed by atoms with Crippen molar-refractivity contribution in [2.24, 2.45) is 0 Å². The van der Waals surface area contributed by atoms with Crippen LogP contribution in [0.15, 0.2) is 77.2 Å². The zero-order valence-corrected chi connectivity index (χ0v) is 18.4. The summed E-state index contributed by atoms with van der Waals surface area (Å²) in [6, 6.07) is 17.2. The lowest BCUT2D eigenvalue weighted by molar-refractivity contribution is -0.129. The fourth-order valence-corrected chi connectivity index (χ4v) is 5.33. The van der Waals surface area contributed by atoms with E-state index in [4.69, 9.17) is 0 Å². The van der Waals surface area contributed by atoms with Crippen LogP contribution in [0, 0.1) is 0 Å². The first-order valence-corrected chi connectivity index (χ1v) is 11.5. The van der Waals surface area contributed by atoms with Crippen molar-refractivity contribution in [3.8, 4) is 0 Å². The minimum Gasteiger partial charge on any atom is -0.341 e. The van der Waals surface area contributed by atoms with Crippen molar-refractivity contribution >= 4 is 34.3 Å². The molecule has 4 aromatic rings. The van der Waals surface area contributed by atoms with E-state index < -0.39 is 5.25 Å². The maximum atomic E-state index is 13.5. The lowest BCUT2D eigenvalue weighted by Gasteiger charge is -2.22. The predicted octanol–water partition coefficient (Wildman–Crippen LogP) is 3.69. The number of carbonyl (C=O) groups is 1. The average Bonchev–Trinajstić information content (AvgIpc) is 3.51. The van der Waals surface area contributed by atoms with E-state index in [1.165, 1.54) is 11.8 Å². The molecule has 7 nitrogen and oxygen atoms in total. The summed E-state index contributed by atoms with van der Waals surface area (Å²) in [7, 11) is 0. The van der Waals surface area contributed by atoms with Crippen LogP contribution in [0.4, 0.5) is 0 Å². The fraction of sp³-hybridized carbons (Fsp3) is 0.250. The van der Waals surface area contributed by atoms with Gasteiger partial charge in [-0.2, -0.15) is 0 Å². The molecule has 1 fully saturated rings. The van der Waals surface area contributed by atoms with Crippen LogP contribution in [-0.4, -0.2) is 43.1 Å². The monoisotopic (exact) mass is 445 g/mol. The molecular weight excluding hydrogens is 422 g/mol. The molecule has 32 heavy (non-hydrogen) atoms. The van der Waals surface area contributed by atoms with Crippen LogP contribution in [0.2, 0.25) is 0 Å². The Bertz CT molecular complexity index is 1360. The largest absolute Gasteiger partial charge is 0.341 e. The second-order valence-electron chi connectivity index (χ2n) is 7.78. The van der Waals surface area contributed by atoms with Crippen molar-refractivity contribution in [3.63, 3.8) is 0 Å². The quantitative estimate of drug-likeness (QED) is 0.334. The first-order chi connectivity index (χ1) is 15.7. The number of hydrogen-bond donors (Lipinski definition) is 0. The normalized spacial score (nSPS) is 14.8. The summed E-state index contributed by atoms with van der Waals surface area (Å²) >= 11 is 1.38. The van der Waals surface area contributed by atoms with Gasteiger partial charge in [-0.15, -0.1) is 16.8 Å². The molecule has 3 heterocycles. The highest BCUT2D eigenvalue weighted by molar-refractivity contribution is 8.00. The number of fused-ring (bicyclic) bond motifs is 3. The van der Waals surface area contributed by atoms with Gasteiger partial charge in [-0.3, -0.25) is 18.6 Å². The third-order valence-electron chi connectivity index (χ3n) is 5.76. The van der Waals surface area contributed by atoms with Crippen LogP contribution in [0.5, 0.6) is 0 Å². The Morgan fingerprint density at radius 3 is 2.53 bits per heavy atom. The zero-order chi connectivity index (χ0) is 22.1. The second kappa shape index (κ2) is 8.63. The molecular formula is C24H23N5O2S. The SMILES string of the molecule is C=CCn1c(=O)c2ccccc2n2c(S[C@@H](C(=O)N3CCCC3)c3ccccc3)nnc12. The Labute approximate surface area is 189 Å². The van der Waals surface area contributed by atoms with E-state index in [2.05, 4.69) is 16.8 Å². The number of likely N-dealkylation sites (tertiary alicyclic amines) is 1. The highest BCUT2D eigenvalue weighted by atomic mass is 32.2. The smallest absolute Gasteiger partial charge is 0.263 e. The molecule has 1 saturated heterocycles. The van der Waals surface area contributed by atoms with E-state index in [1.807, 2.05) is 57.8 Å². The van der Waals surface area contributed by atoms with Crippen molar-refractivity contribution in [3.05, 3.63) is 83.2 Å². The average molecular weight is 446 g/mol. The second-order valence-corrected chi connectivity index (χ2v) is 8.85. The molecule has 8 heteroatoms. The van der Waals surface area contributed by atoms with Gasteiger partial charge in [-0.25, -0.2) is 0 Å². The summed E-state index contributed by atoms with van der Waals surface area (Å²) in [5.74, 6) is 0.524. The van der Waals surface area contributed by atoms with Gasteiger partial charge in [0.15, 0.2) is 5.16 Å². The number of amides is 1. The van der Waals surface area contributed by atoms with Gasteiger partial charge >= 0.3 is 0 Å². The Kier molecular flexibility index (Phi) is 5.53. The molecule has 0 spiro atoms. The van der Waals surface area contributed by atoms with Crippen molar-refractivity contribution < 1.29 is 4.79 Å². The van der Waals surface area contributed by atoms with Crippen LogP contribution in [0.1, 0.15) is 23.7 Å². The van der Waals surface area contributed by atoms with Gasteiger partial charge in [-0.05, 0) is 30.5 Å². The summed E-state index contributed by atoms with van der Waals surface area (Å²) in [4.78, 5) is 28.4. The molecule has 0 saturated carbocycles. The van der Waals surface area contributed by atoms with Crippen molar-refractivity contribution in [2.45, 2.75) is 29.8 Å². The van der Waals surface area contributed by atoms with Gasteiger partial charge in [0, 0.05) is 19.6 Å². The molecule has 0 unspecified atom stereocenters. The number of rotatable bonds is 6. The van der Waals surface area contributed by atoms with Gasteiger partial charge in [0.1, 0.15) is 5.25 Å². The van der Waals surface area contributed by atoms with E-state index in [0.717, 1.165) is 37.0 Å². The molecule has 0 bridgehead atoms. The molecule has 1 aliphatic heterocycles. The summed E-state index contributed by atoms with van der Waals surface area (Å²) in [6.45, 7) is 5.66. The number of para-hydroxylation sites is 1. The summed E-state index contributed by atoms with van der Waals surface area (Å²) in [5.41, 5.74) is 1.51. The number of thioether (sulfide) groups is 1. The van der Waals surface area contributed by atoms with E-state index in [0.29, 0.717) is 22.9 Å². The Balaban J connectivity index is 1.67. The first-order valence-electron chi connectivity index (χ1n) is 10.7. The molecule has 2 aromatic carbocycles. The number of nitrogens with zero attached hydrogens (tertiary/aromatic N) is 5. The zero-order valence-electron chi connectivity index (χ0n) is 17.6. The molecule has 1 amide bonds. The van der Waals surface area contributed by atoms with Gasteiger partial charge in [-0.1, -0.05) is 60.3 Å². The lowest BCUT2D eigenvalue weighted by Crippen LogP contribution is -2.31. The minimum absolute atomic E-state index is 0.0826. The number of benzene rings is 2. The molecule has 0 aliphatic carbocycles. The number of aromatic nitrogens is 4. The topological polar surface area (TPSA) is 72.5 Å². The van der Waals surface area contributed by atoms with Gasteiger partial charge < -0.3 is 4.90 Å². The number of allylic oxidation sites excluding steroid dienone is 1. The van der Waals surface area contributed by atoms with Crippen LogP contribution >= 0.6 is 11.8 Å². The number of carbonyl (C=O) groups excluding carboxylic acids is 1. The Morgan fingerprint density at radius 1 is 1.06 bits per heavy atom. The molecule has 0 N–H and O–H groups in total. The fourth-order valence-electron chi connectivity index (χ4n) is 4.20. The number of hydrogen-bond acceptors (Lipinski definition) is 5. The van der Waals surface area contributed by atoms with Crippen LogP contribution in [-0.2, 0) is 11.3 Å². The Hall–Kier alpha value is -3.39. The standard InChI is InChI=1S/C24H23N5O2S/c1-2-14-28-21(30)18-12-6-7-13-19(18)29-23(28)25-26-24(29)32-20(17-10-4-3-5-11-17)22(31)27-15-8-9-16-27/h2-7,10-13,20H,1,8-9,14-16H2/t20-/m1/s1. The predicted molar refractivity (Wildman–Crippen MR) is 126 cm³/mol. The molecule has 5 rings (SSSR count). The minimum atomic E-state index is -0.444. The van der Waals surface area contributed by atoms with Gasteiger partial charge in [0.2, 0.25) is 11.7 Å². The van der Waals surface area contributed by atoms with Crippen LogP contribution in [0.3, 0.4) is 0 Å². The highest BCUT2D eigenvalue weighted by Gasteiger charge is 2.30. The maximum absolute atomic E-state index is 13.5. The van der Waals surface area contributed by atoms with E-state index >= 15 is 0 Å². The van der Waals surface area contributed by atoms with Crippen molar-refractivity contribution in [1.82, 2.24) is 24.1 Å². The maximum Gasteiger partial charge on any atom is 0.263 e. The lowest BCUT2D eigenvalue weighted by atomic mass is 10.1. The molecule has 2 aromatic heterocycles. The first kappa shape index (κ1) is 20.5. The van der Waals surface area contributed by atoms with Crippen LogP contribution < -0.4 is 5.56 Å². The van der Waals surface area contributed by atoms with Crippen molar-refractivity contribution in [2.75, 3.05) is 13.1 Å². The summed E-state index contributed by atoms with van der Waals surface area (Å²) < 4.78 is 3.43. The van der Waals surface area contributed by atoms with E-state index in [1.54, 1.807) is 16.7 Å². The third kappa shape index (κ3) is 3.50. The highest BCUT2D eigenvalue weighted by Crippen LogP contribution is 2.37. The van der Waals surface area contributed by atoms with Gasteiger partial charge in [0.05, 0.1) is 10.9 Å².